The Morgan fingerprint density at radius 1 is 1.02 bits per heavy atom. The number of hydrogen-bond donors (Lipinski definition) is 0. The minimum Gasteiger partial charge on any atom is -0.348 e. The van der Waals surface area contributed by atoms with Crippen LogP contribution in [0.25, 0.3) is 23.0 Å². The number of fused-ring (bicyclic) bond motifs is 1. The Morgan fingerprint density at radius 2 is 1.71 bits per heavy atom. The maximum Gasteiger partial charge on any atom is 0.291 e. The van der Waals surface area contributed by atoms with E-state index < -0.39 is 5.56 Å². The van der Waals surface area contributed by atoms with Gasteiger partial charge in [-0.05, 0) is 44.2 Å². The van der Waals surface area contributed by atoms with Crippen molar-refractivity contribution in [3.8, 4) is 17.3 Å². The Morgan fingerprint density at radius 3 is 2.32 bits per heavy atom. The minimum absolute atomic E-state index is 0.111. The average molecular weight is 571 g/mol. The van der Waals surface area contributed by atoms with Gasteiger partial charge in [0.05, 0.1) is 10.6 Å². The van der Waals surface area contributed by atoms with Gasteiger partial charge >= 0.3 is 0 Å². The lowest BCUT2D eigenvalue weighted by Crippen LogP contribution is -2.27. The molecule has 0 N–H and O–H groups in total. The summed E-state index contributed by atoms with van der Waals surface area (Å²) in [4.78, 5) is 26.8. The number of rotatable bonds is 14. The molecule has 3 aromatic heterocycles. The molecule has 41 heavy (non-hydrogen) atoms. The molecule has 4 rings (SSSR count). The van der Waals surface area contributed by atoms with Crippen LogP contribution >= 0.6 is 11.3 Å². The van der Waals surface area contributed by atoms with Crippen LogP contribution in [-0.2, 0) is 0 Å². The van der Waals surface area contributed by atoms with E-state index >= 15 is 0 Å². The number of nitriles is 1. The molecule has 1 atom stereocenters. The van der Waals surface area contributed by atoms with Crippen molar-refractivity contribution >= 4 is 28.2 Å². The van der Waals surface area contributed by atoms with Gasteiger partial charge in [-0.2, -0.15) is 9.78 Å². The Balaban J connectivity index is 1.97. The summed E-state index contributed by atoms with van der Waals surface area (Å²) >= 11 is 1.66. The Kier molecular flexibility index (Phi) is 10.6. The first-order valence-electron chi connectivity index (χ1n) is 15.1. The standard InChI is InChI=1S/C33H42N6OS/c1-6-10-16-24(9-4)30-36-31-26(23(5)27(22-34)32(40)39(31)37-30)21-28-29(25-17-14-13-15-18-25)35-33(41-28)38(19-11-7-2)20-12-8-3/h13-15,17-18,21,24H,6-12,16,19-20H2,1-5H3. The predicted octanol–water partition coefficient (Wildman–Crippen LogP) is 7.03. The molecule has 0 aliphatic carbocycles. The first-order chi connectivity index (χ1) is 20.0. The lowest BCUT2D eigenvalue weighted by molar-refractivity contribution is 0.542. The summed E-state index contributed by atoms with van der Waals surface area (Å²) in [6.45, 7) is 12.5. The molecule has 0 aliphatic rings. The summed E-state index contributed by atoms with van der Waals surface area (Å²) in [5.74, 6) is 0.856. The highest BCUT2D eigenvalue weighted by molar-refractivity contribution is 7.16. The second-order valence-corrected chi connectivity index (χ2v) is 11.7. The average Bonchev–Trinajstić information content (AvgIpc) is 3.62. The number of unbranched alkanes of at least 4 members (excludes halogenated alkanes) is 3. The summed E-state index contributed by atoms with van der Waals surface area (Å²) in [7, 11) is 0. The fraction of sp³-hybridized carbons (Fsp3) is 0.485. The van der Waals surface area contributed by atoms with Crippen molar-refractivity contribution in [2.45, 2.75) is 91.9 Å². The highest BCUT2D eigenvalue weighted by atomic mass is 32.1. The molecular formula is C33H42N6OS. The summed E-state index contributed by atoms with van der Waals surface area (Å²) in [5, 5.41) is 16.4. The van der Waals surface area contributed by atoms with E-state index in [1.807, 2.05) is 25.1 Å². The van der Waals surface area contributed by atoms with Crippen molar-refractivity contribution in [3.05, 3.63) is 67.7 Å². The van der Waals surface area contributed by atoms with Crippen molar-refractivity contribution in [2.24, 2.45) is 0 Å². The quantitative estimate of drug-likeness (QED) is 0.162. The van der Waals surface area contributed by atoms with Gasteiger partial charge in [-0.25, -0.2) is 9.97 Å². The fourth-order valence-electron chi connectivity index (χ4n) is 5.14. The number of hydrogen-bond acceptors (Lipinski definition) is 7. The van der Waals surface area contributed by atoms with Gasteiger partial charge in [-0.3, -0.25) is 4.79 Å². The molecule has 0 spiro atoms. The zero-order valence-corrected chi connectivity index (χ0v) is 25.9. The molecule has 0 aliphatic heterocycles. The molecule has 3 heterocycles. The van der Waals surface area contributed by atoms with Gasteiger partial charge in [0.1, 0.15) is 11.6 Å². The lowest BCUT2D eigenvalue weighted by atomic mass is 9.99. The Hall–Kier alpha value is -3.57. The molecule has 4 aromatic rings. The molecule has 0 radical (unpaired) electrons. The van der Waals surface area contributed by atoms with E-state index in [2.05, 4.69) is 62.0 Å². The van der Waals surface area contributed by atoms with Crippen LogP contribution < -0.4 is 15.7 Å². The molecule has 0 saturated carbocycles. The summed E-state index contributed by atoms with van der Waals surface area (Å²) in [6, 6.07) is 12.4. The van der Waals surface area contributed by atoms with Crippen LogP contribution in [0.2, 0.25) is 0 Å². The van der Waals surface area contributed by atoms with Crippen LogP contribution in [0.4, 0.5) is 5.13 Å². The van der Waals surface area contributed by atoms with Gasteiger partial charge in [0.2, 0.25) is 0 Å². The highest BCUT2D eigenvalue weighted by Gasteiger charge is 2.22. The molecule has 0 fully saturated rings. The van der Waals surface area contributed by atoms with Gasteiger partial charge in [0, 0.05) is 29.8 Å². The van der Waals surface area contributed by atoms with Gasteiger partial charge in [-0.1, -0.05) is 95.0 Å². The molecular weight excluding hydrogens is 528 g/mol. The van der Waals surface area contributed by atoms with Gasteiger partial charge in [-0.15, -0.1) is 5.10 Å². The van der Waals surface area contributed by atoms with E-state index in [-0.39, 0.29) is 11.5 Å². The Bertz CT molecular complexity index is 1590. The van der Waals surface area contributed by atoms with Crippen molar-refractivity contribution in [3.63, 3.8) is 0 Å². The Labute approximate surface area is 247 Å². The fourth-order valence-corrected chi connectivity index (χ4v) is 6.23. The van der Waals surface area contributed by atoms with Crippen LogP contribution in [0, 0.1) is 18.3 Å². The van der Waals surface area contributed by atoms with Crippen molar-refractivity contribution < 1.29 is 0 Å². The zero-order valence-electron chi connectivity index (χ0n) is 25.1. The van der Waals surface area contributed by atoms with Gasteiger partial charge in [0.25, 0.3) is 5.56 Å². The van der Waals surface area contributed by atoms with E-state index in [0.717, 1.165) is 90.9 Å². The van der Waals surface area contributed by atoms with Gasteiger partial charge < -0.3 is 4.90 Å². The summed E-state index contributed by atoms with van der Waals surface area (Å²) < 4.78 is 1.35. The van der Waals surface area contributed by atoms with Crippen LogP contribution in [0.3, 0.4) is 0 Å². The van der Waals surface area contributed by atoms with Crippen molar-refractivity contribution in [2.75, 3.05) is 18.0 Å². The SMILES string of the molecule is CCCCC(CC)c1nc2c(=Cc3sc(N(CCCC)CCCC)nc3-c3ccccc3)c(C)c(C#N)c(=O)n2n1. The molecule has 0 bridgehead atoms. The molecule has 8 heteroatoms. The third-order valence-corrected chi connectivity index (χ3v) is 8.79. The number of thiazole rings is 1. The monoisotopic (exact) mass is 570 g/mol. The molecule has 1 unspecified atom stereocenters. The third kappa shape index (κ3) is 6.68. The largest absolute Gasteiger partial charge is 0.348 e. The normalized spacial score (nSPS) is 12.6. The minimum atomic E-state index is -0.403. The molecule has 0 amide bonds. The maximum absolute atomic E-state index is 13.3. The summed E-state index contributed by atoms with van der Waals surface area (Å²) in [6.07, 6.45) is 10.6. The number of nitrogens with zero attached hydrogens (tertiary/aromatic N) is 6. The molecule has 0 saturated heterocycles. The smallest absolute Gasteiger partial charge is 0.291 e. The highest BCUT2D eigenvalue weighted by Crippen LogP contribution is 2.34. The topological polar surface area (TPSA) is 87.2 Å². The summed E-state index contributed by atoms with van der Waals surface area (Å²) in [5.41, 5.74) is 2.79. The molecule has 7 nitrogen and oxygen atoms in total. The predicted molar refractivity (Wildman–Crippen MR) is 170 cm³/mol. The lowest BCUT2D eigenvalue weighted by Gasteiger charge is -2.21. The first-order valence-corrected chi connectivity index (χ1v) is 15.9. The van der Waals surface area contributed by atoms with Crippen LogP contribution in [0.1, 0.15) is 107 Å². The third-order valence-electron chi connectivity index (χ3n) is 7.72. The second kappa shape index (κ2) is 14.4. The molecule has 216 valence electrons. The maximum atomic E-state index is 13.3. The van der Waals surface area contributed by atoms with E-state index in [9.17, 15) is 10.1 Å². The van der Waals surface area contributed by atoms with Crippen molar-refractivity contribution in [1.82, 2.24) is 19.6 Å². The van der Waals surface area contributed by atoms with E-state index in [1.54, 1.807) is 11.3 Å². The zero-order chi connectivity index (χ0) is 29.4. The van der Waals surface area contributed by atoms with E-state index in [4.69, 9.17) is 9.97 Å². The van der Waals surface area contributed by atoms with E-state index in [1.165, 1.54) is 4.52 Å². The molecule has 1 aromatic carbocycles. The second-order valence-electron chi connectivity index (χ2n) is 10.7. The number of pyridine rings is 1. The number of aromatic nitrogens is 4. The van der Waals surface area contributed by atoms with Crippen LogP contribution in [0.15, 0.2) is 35.1 Å². The van der Waals surface area contributed by atoms with E-state index in [0.29, 0.717) is 17.0 Å². The van der Waals surface area contributed by atoms with Crippen molar-refractivity contribution in [1.29, 1.82) is 5.26 Å². The number of anilines is 1. The van der Waals surface area contributed by atoms with Gasteiger partial charge in [0.15, 0.2) is 16.6 Å². The van der Waals surface area contributed by atoms with Crippen LogP contribution in [-0.4, -0.2) is 32.7 Å². The van der Waals surface area contributed by atoms with Crippen LogP contribution in [0.5, 0.6) is 0 Å². The number of benzene rings is 1. The first kappa shape index (κ1) is 30.4.